The maximum Gasteiger partial charge on any atom is 0.262 e. The summed E-state index contributed by atoms with van der Waals surface area (Å²) in [6, 6.07) is 5.25. The molecule has 2 N–H and O–H groups in total. The van der Waals surface area contributed by atoms with Crippen molar-refractivity contribution in [3.05, 3.63) is 50.9 Å². The summed E-state index contributed by atoms with van der Waals surface area (Å²) in [5.74, 6) is -0.225. The molecule has 1 aromatic carbocycles. The Bertz CT molecular complexity index is 1170. The zero-order valence-corrected chi connectivity index (χ0v) is 18.4. The Kier molecular flexibility index (Phi) is 5.40. The number of hydrogen-bond donors (Lipinski definition) is 2. The number of fused-ring (bicyclic) bond motifs is 3. The topological polar surface area (TPSA) is 84.2 Å². The van der Waals surface area contributed by atoms with E-state index in [-0.39, 0.29) is 35.6 Å². The van der Waals surface area contributed by atoms with Crippen LogP contribution in [0.5, 0.6) is 5.75 Å². The number of carbonyl (C=O) groups excluding carboxylic acids is 1. The number of benzene rings is 1. The summed E-state index contributed by atoms with van der Waals surface area (Å²) in [7, 11) is 0. The summed E-state index contributed by atoms with van der Waals surface area (Å²) in [6.45, 7) is 6.47. The predicted octanol–water partition coefficient (Wildman–Crippen LogP) is 4.37. The number of phenolic OH excluding ortho intramolecular Hbond substituents is 1. The lowest BCUT2D eigenvalue weighted by atomic mass is 9.87. The van der Waals surface area contributed by atoms with Crippen molar-refractivity contribution in [1.29, 1.82) is 0 Å². The van der Waals surface area contributed by atoms with Crippen LogP contribution in [-0.2, 0) is 29.6 Å². The summed E-state index contributed by atoms with van der Waals surface area (Å²) in [6.07, 6.45) is 5.88. The normalized spacial score (nSPS) is 14.0. The van der Waals surface area contributed by atoms with Crippen LogP contribution in [0.15, 0.2) is 29.3 Å². The Morgan fingerprint density at radius 1 is 1.27 bits per heavy atom. The van der Waals surface area contributed by atoms with Crippen molar-refractivity contribution in [2.45, 2.75) is 64.8 Å². The van der Waals surface area contributed by atoms with Crippen molar-refractivity contribution in [3.63, 3.8) is 0 Å². The molecule has 0 aliphatic heterocycles. The molecule has 4 rings (SSSR count). The molecular formula is C23H27N3O3S. The first-order chi connectivity index (χ1) is 14.2. The first-order valence-corrected chi connectivity index (χ1v) is 11.2. The van der Waals surface area contributed by atoms with E-state index in [1.807, 2.05) is 6.07 Å². The molecule has 0 saturated heterocycles. The van der Waals surface area contributed by atoms with Gasteiger partial charge in [-0.3, -0.25) is 14.2 Å². The maximum absolute atomic E-state index is 13.0. The number of thiophene rings is 1. The fraction of sp³-hybridized carbons (Fsp3) is 0.435. The molecular weight excluding hydrogens is 398 g/mol. The lowest BCUT2D eigenvalue weighted by Crippen LogP contribution is -2.24. The van der Waals surface area contributed by atoms with Gasteiger partial charge in [0.2, 0.25) is 5.91 Å². The third-order valence-corrected chi connectivity index (χ3v) is 6.86. The zero-order chi connectivity index (χ0) is 21.5. The van der Waals surface area contributed by atoms with Gasteiger partial charge in [-0.05, 0) is 54.4 Å². The zero-order valence-electron chi connectivity index (χ0n) is 17.6. The highest BCUT2D eigenvalue weighted by molar-refractivity contribution is 7.18. The largest absolute Gasteiger partial charge is 0.506 e. The number of rotatable bonds is 4. The van der Waals surface area contributed by atoms with E-state index in [0.717, 1.165) is 47.0 Å². The summed E-state index contributed by atoms with van der Waals surface area (Å²) in [5.41, 5.74) is 2.40. The number of nitrogens with zero attached hydrogens (tertiary/aromatic N) is 2. The molecule has 0 bridgehead atoms. The molecule has 7 heteroatoms. The van der Waals surface area contributed by atoms with Gasteiger partial charge in [0, 0.05) is 17.8 Å². The Morgan fingerprint density at radius 3 is 2.80 bits per heavy atom. The summed E-state index contributed by atoms with van der Waals surface area (Å²) >= 11 is 1.62. The second kappa shape index (κ2) is 7.87. The number of aryl methyl sites for hydroxylation is 3. The third kappa shape index (κ3) is 3.99. The van der Waals surface area contributed by atoms with Gasteiger partial charge in [0.25, 0.3) is 5.56 Å². The molecule has 0 saturated carbocycles. The predicted molar refractivity (Wildman–Crippen MR) is 121 cm³/mol. The number of aromatic hydroxyl groups is 1. The maximum atomic E-state index is 13.0. The number of phenols is 1. The molecule has 158 valence electrons. The summed E-state index contributed by atoms with van der Waals surface area (Å²) in [5, 5.41) is 13.6. The second-order valence-corrected chi connectivity index (χ2v) is 10.00. The van der Waals surface area contributed by atoms with E-state index in [2.05, 4.69) is 31.1 Å². The minimum Gasteiger partial charge on any atom is -0.506 e. The highest BCUT2D eigenvalue weighted by atomic mass is 32.1. The molecule has 30 heavy (non-hydrogen) atoms. The van der Waals surface area contributed by atoms with Crippen LogP contribution in [-0.4, -0.2) is 20.6 Å². The summed E-state index contributed by atoms with van der Waals surface area (Å²) < 4.78 is 1.52. The molecule has 1 amide bonds. The van der Waals surface area contributed by atoms with Crippen molar-refractivity contribution in [3.8, 4) is 5.75 Å². The van der Waals surface area contributed by atoms with E-state index in [9.17, 15) is 14.7 Å². The van der Waals surface area contributed by atoms with E-state index in [0.29, 0.717) is 5.69 Å². The number of carbonyl (C=O) groups is 1. The van der Waals surface area contributed by atoms with Crippen molar-refractivity contribution < 1.29 is 9.90 Å². The van der Waals surface area contributed by atoms with Gasteiger partial charge in [-0.2, -0.15) is 0 Å². The highest BCUT2D eigenvalue weighted by Gasteiger charge is 2.20. The molecule has 2 aromatic heterocycles. The first-order valence-electron chi connectivity index (χ1n) is 10.4. The van der Waals surface area contributed by atoms with Gasteiger partial charge in [0.15, 0.2) is 0 Å². The van der Waals surface area contributed by atoms with Gasteiger partial charge in [-0.15, -0.1) is 11.3 Å². The molecule has 1 aliphatic carbocycles. The van der Waals surface area contributed by atoms with Crippen molar-refractivity contribution in [2.24, 2.45) is 0 Å². The number of amides is 1. The fourth-order valence-corrected chi connectivity index (χ4v) is 5.10. The van der Waals surface area contributed by atoms with E-state index >= 15 is 0 Å². The van der Waals surface area contributed by atoms with Crippen molar-refractivity contribution >= 4 is 33.1 Å². The van der Waals surface area contributed by atoms with Gasteiger partial charge < -0.3 is 10.4 Å². The molecule has 6 nitrogen and oxygen atoms in total. The quantitative estimate of drug-likeness (QED) is 0.608. The van der Waals surface area contributed by atoms with Gasteiger partial charge >= 0.3 is 0 Å². The van der Waals surface area contributed by atoms with Crippen LogP contribution in [0, 0.1) is 0 Å². The average Bonchev–Trinajstić information content (AvgIpc) is 3.07. The minimum atomic E-state index is -0.254. The van der Waals surface area contributed by atoms with Gasteiger partial charge in [0.05, 0.1) is 17.4 Å². The third-order valence-electron chi connectivity index (χ3n) is 5.66. The Labute approximate surface area is 179 Å². The number of aromatic nitrogens is 2. The number of nitrogens with one attached hydrogen (secondary N) is 1. The van der Waals surface area contributed by atoms with Crippen LogP contribution in [0.1, 0.15) is 56.0 Å². The minimum absolute atomic E-state index is 0.0292. The first kappa shape index (κ1) is 20.6. The lowest BCUT2D eigenvalue weighted by Gasteiger charge is -2.20. The standard InChI is InChI=1S/C23H27N3O3S/c1-23(2,3)14-8-9-17(27)16(12-14)25-19(28)10-11-26-13-24-21-20(22(26)29)15-6-4-5-7-18(15)30-21/h8-9,12-13,27H,4-7,10-11H2,1-3H3,(H,25,28). The van der Waals surface area contributed by atoms with Crippen LogP contribution < -0.4 is 10.9 Å². The molecule has 3 aromatic rings. The SMILES string of the molecule is CC(C)(C)c1ccc(O)c(NC(=O)CCn2cnc3sc4c(c3c2=O)CCCC4)c1. The van der Waals surface area contributed by atoms with Crippen molar-refractivity contribution in [1.82, 2.24) is 9.55 Å². The second-order valence-electron chi connectivity index (χ2n) is 8.91. The van der Waals surface area contributed by atoms with E-state index in [4.69, 9.17) is 0 Å². The lowest BCUT2D eigenvalue weighted by molar-refractivity contribution is -0.116. The van der Waals surface area contributed by atoms with Crippen LogP contribution in [0.3, 0.4) is 0 Å². The number of hydrogen-bond acceptors (Lipinski definition) is 5. The fourth-order valence-electron chi connectivity index (χ4n) is 3.88. The van der Waals surface area contributed by atoms with Crippen LogP contribution in [0.2, 0.25) is 0 Å². The Hall–Kier alpha value is -2.67. The van der Waals surface area contributed by atoms with Crippen LogP contribution in [0.4, 0.5) is 5.69 Å². The Morgan fingerprint density at radius 2 is 2.03 bits per heavy atom. The molecule has 0 unspecified atom stereocenters. The summed E-state index contributed by atoms with van der Waals surface area (Å²) in [4.78, 5) is 32.1. The highest BCUT2D eigenvalue weighted by Crippen LogP contribution is 2.33. The van der Waals surface area contributed by atoms with Gasteiger partial charge in [0.1, 0.15) is 10.6 Å². The van der Waals surface area contributed by atoms with Crippen LogP contribution >= 0.6 is 11.3 Å². The molecule has 1 aliphatic rings. The van der Waals surface area contributed by atoms with Gasteiger partial charge in [-0.1, -0.05) is 26.8 Å². The van der Waals surface area contributed by atoms with E-state index in [1.165, 1.54) is 15.8 Å². The van der Waals surface area contributed by atoms with Crippen LogP contribution in [0.25, 0.3) is 10.2 Å². The molecule has 0 radical (unpaired) electrons. The number of anilines is 1. The van der Waals surface area contributed by atoms with E-state index in [1.54, 1.807) is 23.5 Å². The monoisotopic (exact) mass is 425 g/mol. The molecule has 0 spiro atoms. The van der Waals surface area contributed by atoms with Gasteiger partial charge in [-0.25, -0.2) is 4.98 Å². The van der Waals surface area contributed by atoms with E-state index < -0.39 is 0 Å². The molecule has 0 fully saturated rings. The molecule has 0 atom stereocenters. The molecule has 2 heterocycles. The Balaban J connectivity index is 1.50. The van der Waals surface area contributed by atoms with Crippen molar-refractivity contribution in [2.75, 3.05) is 5.32 Å². The smallest absolute Gasteiger partial charge is 0.262 e. The average molecular weight is 426 g/mol.